The number of Topliss-reactive ketones (excluding diaryl/α,β-unsaturated/α-hetero) is 1. The molecule has 1 aromatic rings. The molecule has 0 spiro atoms. The number of hydrogen-bond donors (Lipinski definition) is 2. The van der Waals surface area contributed by atoms with E-state index in [0.29, 0.717) is 18.0 Å². The van der Waals surface area contributed by atoms with Gasteiger partial charge in [-0.15, -0.1) is 0 Å². The lowest BCUT2D eigenvalue weighted by molar-refractivity contribution is -0.138. The van der Waals surface area contributed by atoms with Gasteiger partial charge in [0.2, 0.25) is 5.78 Å². The molecule has 1 saturated carbocycles. The summed E-state index contributed by atoms with van der Waals surface area (Å²) in [5.74, 6) is -1.07. The molecule has 2 amide bonds. The maximum atomic E-state index is 12.1. The highest BCUT2D eigenvalue weighted by Crippen LogP contribution is 2.27. The van der Waals surface area contributed by atoms with E-state index in [1.54, 1.807) is 12.1 Å². The molecule has 0 radical (unpaired) electrons. The van der Waals surface area contributed by atoms with Crippen LogP contribution in [0.25, 0.3) is 0 Å². The molecule has 2 N–H and O–H groups in total. The van der Waals surface area contributed by atoms with E-state index < -0.39 is 17.7 Å². The normalized spacial score (nSPS) is 15.1. The maximum Gasteiger partial charge on any atom is 0.289 e. The molecule has 1 aliphatic rings. The van der Waals surface area contributed by atoms with Gasteiger partial charge in [-0.2, -0.15) is 0 Å². The molecule has 2 rings (SSSR count). The summed E-state index contributed by atoms with van der Waals surface area (Å²) in [7, 11) is 0. The summed E-state index contributed by atoms with van der Waals surface area (Å²) in [4.78, 5) is 35.7. The van der Waals surface area contributed by atoms with Crippen LogP contribution >= 0.6 is 0 Å². The fourth-order valence-electron chi connectivity index (χ4n) is 2.01. The van der Waals surface area contributed by atoms with Crippen LogP contribution in [0.3, 0.4) is 0 Å². The zero-order chi connectivity index (χ0) is 15.4. The Morgan fingerprint density at radius 1 is 1.24 bits per heavy atom. The summed E-state index contributed by atoms with van der Waals surface area (Å²) in [6, 6.07) is 6.28. The standard InChI is InChI=1S/C16H20N2O3/c1-10-5-3-4-6-13(10)15(20)18-11(2)14(19)16(21)17-9-12-7-8-12/h3-6,11-12H,7-9H2,1-2H3,(H,17,21)(H,18,20). The predicted octanol–water partition coefficient (Wildman–Crippen LogP) is 1.21. The Morgan fingerprint density at radius 2 is 1.90 bits per heavy atom. The fraction of sp³-hybridized carbons (Fsp3) is 0.438. The van der Waals surface area contributed by atoms with Gasteiger partial charge in [0.05, 0.1) is 6.04 Å². The second-order valence-electron chi connectivity index (χ2n) is 5.53. The predicted molar refractivity (Wildman–Crippen MR) is 78.8 cm³/mol. The third-order valence-electron chi connectivity index (χ3n) is 3.60. The Morgan fingerprint density at radius 3 is 2.52 bits per heavy atom. The van der Waals surface area contributed by atoms with Crippen molar-refractivity contribution < 1.29 is 14.4 Å². The van der Waals surface area contributed by atoms with Gasteiger partial charge in [0.15, 0.2) is 0 Å². The number of aryl methyl sites for hydroxylation is 1. The summed E-state index contributed by atoms with van der Waals surface area (Å²) < 4.78 is 0. The number of rotatable bonds is 6. The molecular formula is C16H20N2O3. The van der Waals surface area contributed by atoms with E-state index in [1.807, 2.05) is 19.1 Å². The van der Waals surface area contributed by atoms with Crippen molar-refractivity contribution in [1.82, 2.24) is 10.6 Å². The number of hydrogen-bond acceptors (Lipinski definition) is 3. The zero-order valence-electron chi connectivity index (χ0n) is 12.3. The van der Waals surface area contributed by atoms with Crippen LogP contribution in [0.2, 0.25) is 0 Å². The smallest absolute Gasteiger partial charge is 0.289 e. The molecule has 0 bridgehead atoms. The van der Waals surface area contributed by atoms with E-state index in [1.165, 1.54) is 6.92 Å². The summed E-state index contributed by atoms with van der Waals surface area (Å²) in [6.45, 7) is 3.89. The van der Waals surface area contributed by atoms with Crippen molar-refractivity contribution in [3.05, 3.63) is 35.4 Å². The van der Waals surface area contributed by atoms with E-state index >= 15 is 0 Å². The first-order valence-corrected chi connectivity index (χ1v) is 7.17. The van der Waals surface area contributed by atoms with Crippen LogP contribution in [0.1, 0.15) is 35.7 Å². The third kappa shape index (κ3) is 4.15. The Balaban J connectivity index is 1.88. The molecular weight excluding hydrogens is 268 g/mol. The van der Waals surface area contributed by atoms with Gasteiger partial charge in [-0.25, -0.2) is 0 Å². The molecule has 5 nitrogen and oxygen atoms in total. The molecule has 0 heterocycles. The average Bonchev–Trinajstić information content (AvgIpc) is 3.28. The third-order valence-corrected chi connectivity index (χ3v) is 3.60. The van der Waals surface area contributed by atoms with Crippen LogP contribution in [-0.2, 0) is 9.59 Å². The zero-order valence-corrected chi connectivity index (χ0v) is 12.3. The second kappa shape index (κ2) is 6.52. The van der Waals surface area contributed by atoms with Crippen molar-refractivity contribution in [2.75, 3.05) is 6.54 Å². The Kier molecular flexibility index (Phi) is 4.73. The minimum Gasteiger partial charge on any atom is -0.349 e. The Hall–Kier alpha value is -2.17. The van der Waals surface area contributed by atoms with E-state index in [-0.39, 0.29) is 5.91 Å². The lowest BCUT2D eigenvalue weighted by Gasteiger charge is -2.13. The van der Waals surface area contributed by atoms with Gasteiger partial charge in [-0.05, 0) is 44.2 Å². The molecule has 1 aromatic carbocycles. The van der Waals surface area contributed by atoms with Gasteiger partial charge in [0.1, 0.15) is 0 Å². The summed E-state index contributed by atoms with van der Waals surface area (Å²) in [5.41, 5.74) is 1.34. The van der Waals surface area contributed by atoms with Crippen LogP contribution in [0, 0.1) is 12.8 Å². The summed E-state index contributed by atoms with van der Waals surface area (Å²) >= 11 is 0. The van der Waals surface area contributed by atoms with Crippen molar-refractivity contribution in [3.63, 3.8) is 0 Å². The number of carbonyl (C=O) groups excluding carboxylic acids is 3. The van der Waals surface area contributed by atoms with Crippen molar-refractivity contribution in [2.24, 2.45) is 5.92 Å². The second-order valence-corrected chi connectivity index (χ2v) is 5.53. The van der Waals surface area contributed by atoms with Crippen molar-refractivity contribution in [2.45, 2.75) is 32.7 Å². The highest BCUT2D eigenvalue weighted by Gasteiger charge is 2.26. The van der Waals surface area contributed by atoms with Crippen LogP contribution < -0.4 is 10.6 Å². The fourth-order valence-corrected chi connectivity index (χ4v) is 2.01. The Bertz CT molecular complexity index is 564. The maximum absolute atomic E-state index is 12.1. The van der Waals surface area contributed by atoms with E-state index in [0.717, 1.165) is 18.4 Å². The largest absolute Gasteiger partial charge is 0.349 e. The molecule has 1 atom stereocenters. The molecule has 5 heteroatoms. The molecule has 1 aliphatic carbocycles. The highest BCUT2D eigenvalue weighted by molar-refractivity contribution is 6.38. The lowest BCUT2D eigenvalue weighted by atomic mass is 10.1. The highest BCUT2D eigenvalue weighted by atomic mass is 16.2. The van der Waals surface area contributed by atoms with Crippen LogP contribution in [0.5, 0.6) is 0 Å². The summed E-state index contributed by atoms with van der Waals surface area (Å²) in [6.07, 6.45) is 2.21. The monoisotopic (exact) mass is 288 g/mol. The quantitative estimate of drug-likeness (QED) is 0.773. The van der Waals surface area contributed by atoms with E-state index in [2.05, 4.69) is 10.6 Å². The molecule has 0 aromatic heterocycles. The van der Waals surface area contributed by atoms with Gasteiger partial charge in [0, 0.05) is 12.1 Å². The number of carbonyl (C=O) groups is 3. The van der Waals surface area contributed by atoms with Gasteiger partial charge < -0.3 is 10.6 Å². The first kappa shape index (κ1) is 15.2. The van der Waals surface area contributed by atoms with Gasteiger partial charge in [-0.3, -0.25) is 14.4 Å². The number of amides is 2. The molecule has 0 saturated heterocycles. The minimum atomic E-state index is -0.837. The molecule has 21 heavy (non-hydrogen) atoms. The van der Waals surface area contributed by atoms with Crippen molar-refractivity contribution in [3.8, 4) is 0 Å². The summed E-state index contributed by atoms with van der Waals surface area (Å²) in [5, 5.41) is 5.18. The first-order chi connectivity index (χ1) is 9.99. The van der Waals surface area contributed by atoms with E-state index in [4.69, 9.17) is 0 Å². The topological polar surface area (TPSA) is 75.3 Å². The number of nitrogens with one attached hydrogen (secondary N) is 2. The first-order valence-electron chi connectivity index (χ1n) is 7.17. The van der Waals surface area contributed by atoms with Crippen LogP contribution in [0.4, 0.5) is 0 Å². The lowest BCUT2D eigenvalue weighted by Crippen LogP contribution is -2.46. The van der Waals surface area contributed by atoms with E-state index in [9.17, 15) is 14.4 Å². The van der Waals surface area contributed by atoms with Gasteiger partial charge >= 0.3 is 0 Å². The number of ketones is 1. The van der Waals surface area contributed by atoms with Crippen molar-refractivity contribution >= 4 is 17.6 Å². The average molecular weight is 288 g/mol. The van der Waals surface area contributed by atoms with Gasteiger partial charge in [0.25, 0.3) is 11.8 Å². The Labute approximate surface area is 124 Å². The minimum absolute atomic E-state index is 0.344. The van der Waals surface area contributed by atoms with Crippen molar-refractivity contribution in [1.29, 1.82) is 0 Å². The van der Waals surface area contributed by atoms with Gasteiger partial charge in [-0.1, -0.05) is 18.2 Å². The SMILES string of the molecule is Cc1ccccc1C(=O)NC(C)C(=O)C(=O)NCC1CC1. The molecule has 1 unspecified atom stereocenters. The molecule has 0 aliphatic heterocycles. The van der Waals surface area contributed by atoms with Crippen LogP contribution in [0.15, 0.2) is 24.3 Å². The number of benzene rings is 1. The van der Waals surface area contributed by atoms with Crippen LogP contribution in [-0.4, -0.2) is 30.2 Å². The molecule has 1 fully saturated rings. The molecule has 112 valence electrons.